The summed E-state index contributed by atoms with van der Waals surface area (Å²) in [5, 5.41) is 0. The summed E-state index contributed by atoms with van der Waals surface area (Å²) < 4.78 is 15.8. The molecular formula is C8H12O4. The summed E-state index contributed by atoms with van der Waals surface area (Å²) in [4.78, 5) is 10.9. The van der Waals surface area contributed by atoms with Crippen molar-refractivity contribution in [2.75, 3.05) is 6.61 Å². The van der Waals surface area contributed by atoms with Gasteiger partial charge in [0, 0.05) is 0 Å². The Balaban J connectivity index is 2.06. The summed E-state index contributed by atoms with van der Waals surface area (Å²) in [6.45, 7) is 4.13. The maximum atomic E-state index is 10.9. The van der Waals surface area contributed by atoms with Gasteiger partial charge in [0.1, 0.15) is 6.10 Å². The zero-order valence-corrected chi connectivity index (χ0v) is 7.20. The van der Waals surface area contributed by atoms with Crippen LogP contribution in [0.25, 0.3) is 0 Å². The maximum absolute atomic E-state index is 10.9. The molecule has 0 spiro atoms. The molecule has 0 N–H and O–H groups in total. The Morgan fingerprint density at radius 1 is 1.42 bits per heavy atom. The second-order valence-electron chi connectivity index (χ2n) is 3.60. The lowest BCUT2D eigenvalue weighted by atomic mass is 10.1. The number of fused-ring (bicyclic) bond motifs is 1. The van der Waals surface area contributed by atoms with E-state index in [2.05, 4.69) is 0 Å². The van der Waals surface area contributed by atoms with Crippen LogP contribution in [0.1, 0.15) is 20.3 Å². The molecule has 4 heteroatoms. The Labute approximate surface area is 70.8 Å². The van der Waals surface area contributed by atoms with Crippen LogP contribution in [0.5, 0.6) is 0 Å². The number of esters is 1. The Bertz CT molecular complexity index is 211. The highest BCUT2D eigenvalue weighted by molar-refractivity contribution is 5.72. The fourth-order valence-corrected chi connectivity index (χ4v) is 1.53. The number of hydrogen-bond acceptors (Lipinski definition) is 4. The van der Waals surface area contributed by atoms with E-state index in [-0.39, 0.29) is 18.2 Å². The van der Waals surface area contributed by atoms with Crippen LogP contribution in [-0.4, -0.2) is 30.6 Å². The maximum Gasteiger partial charge on any atom is 0.309 e. The predicted octanol–water partition coefficient (Wildman–Crippen LogP) is 0.453. The molecule has 2 heterocycles. The van der Waals surface area contributed by atoms with Gasteiger partial charge in [0.25, 0.3) is 0 Å². The summed E-state index contributed by atoms with van der Waals surface area (Å²) in [6.07, 6.45) is 0.0593. The van der Waals surface area contributed by atoms with Gasteiger partial charge in [-0.25, -0.2) is 0 Å². The van der Waals surface area contributed by atoms with Crippen LogP contribution in [0.2, 0.25) is 0 Å². The predicted molar refractivity (Wildman–Crippen MR) is 39.4 cm³/mol. The van der Waals surface area contributed by atoms with E-state index in [1.807, 2.05) is 13.8 Å². The van der Waals surface area contributed by atoms with Gasteiger partial charge in [0.15, 0.2) is 11.9 Å². The van der Waals surface area contributed by atoms with Crippen LogP contribution in [0, 0.1) is 0 Å². The largest absolute Gasteiger partial charge is 0.457 e. The second-order valence-corrected chi connectivity index (χ2v) is 3.60. The third-order valence-electron chi connectivity index (χ3n) is 2.10. The van der Waals surface area contributed by atoms with Gasteiger partial charge in [-0.3, -0.25) is 4.79 Å². The zero-order valence-electron chi connectivity index (χ0n) is 7.20. The van der Waals surface area contributed by atoms with Gasteiger partial charge in [-0.2, -0.15) is 0 Å². The van der Waals surface area contributed by atoms with E-state index in [0.29, 0.717) is 13.0 Å². The van der Waals surface area contributed by atoms with E-state index >= 15 is 0 Å². The molecule has 68 valence electrons. The molecule has 0 aromatic carbocycles. The molecule has 2 aliphatic heterocycles. The third-order valence-corrected chi connectivity index (χ3v) is 2.10. The second kappa shape index (κ2) is 2.44. The first-order valence-electron chi connectivity index (χ1n) is 4.08. The number of hydrogen-bond donors (Lipinski definition) is 0. The van der Waals surface area contributed by atoms with Gasteiger partial charge in [0.05, 0.1) is 13.0 Å². The van der Waals surface area contributed by atoms with E-state index in [1.165, 1.54) is 0 Å². The summed E-state index contributed by atoms with van der Waals surface area (Å²) in [6, 6.07) is 0. The smallest absolute Gasteiger partial charge is 0.309 e. The minimum atomic E-state index is -0.574. The normalized spacial score (nSPS) is 39.0. The molecule has 2 saturated heterocycles. The quantitative estimate of drug-likeness (QED) is 0.498. The van der Waals surface area contributed by atoms with E-state index in [1.54, 1.807) is 0 Å². The van der Waals surface area contributed by atoms with Crippen molar-refractivity contribution in [3.8, 4) is 0 Å². The molecule has 2 fully saturated rings. The molecular weight excluding hydrogens is 160 g/mol. The van der Waals surface area contributed by atoms with Crippen molar-refractivity contribution in [2.24, 2.45) is 0 Å². The first-order chi connectivity index (χ1) is 5.57. The van der Waals surface area contributed by atoms with Crippen molar-refractivity contribution in [1.29, 1.82) is 0 Å². The van der Waals surface area contributed by atoms with Crippen molar-refractivity contribution in [1.82, 2.24) is 0 Å². The minimum Gasteiger partial charge on any atom is -0.457 e. The fraction of sp³-hybridized carbons (Fsp3) is 0.875. The summed E-state index contributed by atoms with van der Waals surface area (Å²) >= 11 is 0. The minimum absolute atomic E-state index is 0.110. The number of rotatable bonds is 0. The Morgan fingerprint density at radius 2 is 2.17 bits per heavy atom. The lowest BCUT2D eigenvalue weighted by Gasteiger charge is -2.36. The summed E-state index contributed by atoms with van der Waals surface area (Å²) in [5.74, 6) is -0.763. The highest BCUT2D eigenvalue weighted by Gasteiger charge is 2.44. The lowest BCUT2D eigenvalue weighted by Crippen LogP contribution is -2.46. The number of carbonyl (C=O) groups excluding carboxylic acids is 1. The summed E-state index contributed by atoms with van der Waals surface area (Å²) in [7, 11) is 0. The summed E-state index contributed by atoms with van der Waals surface area (Å²) in [5.41, 5.74) is 0. The van der Waals surface area contributed by atoms with Gasteiger partial charge in [-0.1, -0.05) is 0 Å². The van der Waals surface area contributed by atoms with Crippen molar-refractivity contribution in [3.63, 3.8) is 0 Å². The molecule has 0 aromatic heterocycles. The van der Waals surface area contributed by atoms with Gasteiger partial charge >= 0.3 is 5.97 Å². The van der Waals surface area contributed by atoms with Crippen LogP contribution in [0.3, 0.4) is 0 Å². The molecule has 0 radical (unpaired) electrons. The van der Waals surface area contributed by atoms with Crippen molar-refractivity contribution >= 4 is 5.97 Å². The van der Waals surface area contributed by atoms with Crippen LogP contribution in [0.4, 0.5) is 0 Å². The third kappa shape index (κ3) is 1.32. The van der Waals surface area contributed by atoms with E-state index in [4.69, 9.17) is 14.2 Å². The highest BCUT2D eigenvalue weighted by Crippen LogP contribution is 2.29. The van der Waals surface area contributed by atoms with Gasteiger partial charge in [-0.05, 0) is 13.8 Å². The van der Waals surface area contributed by atoms with E-state index < -0.39 is 5.79 Å². The molecule has 0 unspecified atom stereocenters. The molecule has 4 nitrogen and oxygen atoms in total. The van der Waals surface area contributed by atoms with Crippen molar-refractivity contribution < 1.29 is 19.0 Å². The van der Waals surface area contributed by atoms with Gasteiger partial charge in [-0.15, -0.1) is 0 Å². The topological polar surface area (TPSA) is 44.8 Å². The number of carbonyl (C=O) groups is 1. The Hall–Kier alpha value is -0.610. The van der Waals surface area contributed by atoms with E-state index in [9.17, 15) is 4.79 Å². The molecule has 2 atom stereocenters. The average Bonchev–Trinajstić information content (AvgIpc) is 2.26. The highest BCUT2D eigenvalue weighted by atomic mass is 16.7. The van der Waals surface area contributed by atoms with Crippen molar-refractivity contribution in [2.45, 2.75) is 38.3 Å². The zero-order chi connectivity index (χ0) is 8.77. The molecule has 0 saturated carbocycles. The molecule has 0 aromatic rings. The van der Waals surface area contributed by atoms with Gasteiger partial charge in [0.2, 0.25) is 0 Å². The molecule has 2 aliphatic rings. The molecule has 12 heavy (non-hydrogen) atoms. The first kappa shape index (κ1) is 8.01. The van der Waals surface area contributed by atoms with Gasteiger partial charge < -0.3 is 14.2 Å². The van der Waals surface area contributed by atoms with E-state index in [0.717, 1.165) is 0 Å². The molecule has 0 amide bonds. The SMILES string of the molecule is CC1(C)OC[C@@H]2OC(=O)C[C@H]2O1. The molecule has 0 aliphatic carbocycles. The first-order valence-corrected chi connectivity index (χ1v) is 4.08. The fourth-order valence-electron chi connectivity index (χ4n) is 1.53. The standard InChI is InChI=1S/C8H12O4/c1-8(2)10-4-6-5(12-8)3-7(9)11-6/h5-6H,3-4H2,1-2H3/t5-,6+/m1/s1. The Morgan fingerprint density at radius 3 is 2.92 bits per heavy atom. The number of ether oxygens (including phenoxy) is 3. The monoisotopic (exact) mass is 172 g/mol. The van der Waals surface area contributed by atoms with Crippen LogP contribution in [0.15, 0.2) is 0 Å². The average molecular weight is 172 g/mol. The Kier molecular flexibility index (Phi) is 1.63. The van der Waals surface area contributed by atoms with Crippen molar-refractivity contribution in [3.05, 3.63) is 0 Å². The molecule has 2 rings (SSSR count). The van der Waals surface area contributed by atoms with Crippen LogP contribution >= 0.6 is 0 Å². The molecule has 0 bridgehead atoms. The van der Waals surface area contributed by atoms with Crippen LogP contribution < -0.4 is 0 Å². The van der Waals surface area contributed by atoms with Crippen LogP contribution in [-0.2, 0) is 19.0 Å². The lowest BCUT2D eigenvalue weighted by molar-refractivity contribution is -0.291.